The van der Waals surface area contributed by atoms with Crippen LogP contribution in [0.1, 0.15) is 5.56 Å². The number of rotatable bonds is 5. The summed E-state index contributed by atoms with van der Waals surface area (Å²) in [5.74, 6) is 0.384. The first kappa shape index (κ1) is 17.5. The maximum Gasteiger partial charge on any atom is 0.283 e. The van der Waals surface area contributed by atoms with Crippen molar-refractivity contribution >= 4 is 16.9 Å². The second-order valence-corrected chi connectivity index (χ2v) is 6.11. The molecule has 1 N–H and O–H groups in total. The van der Waals surface area contributed by atoms with Crippen LogP contribution in [0.5, 0.6) is 5.75 Å². The zero-order valence-electron chi connectivity index (χ0n) is 15.1. The topological polar surface area (TPSA) is 91.0 Å². The number of carbonyl (C=O) groups excluding carboxylic acids is 1. The molecule has 0 radical (unpaired) electrons. The molecular weight excluding hydrogens is 358 g/mol. The molecule has 4 rings (SSSR count). The van der Waals surface area contributed by atoms with Gasteiger partial charge in [0, 0.05) is 0 Å². The molecule has 4 aromatic rings. The van der Waals surface area contributed by atoms with E-state index in [0.717, 1.165) is 15.9 Å². The van der Waals surface area contributed by atoms with E-state index in [1.54, 1.807) is 36.1 Å². The maximum atomic E-state index is 12.7. The minimum atomic E-state index is -0.393. The van der Waals surface area contributed by atoms with Crippen LogP contribution < -0.4 is 15.7 Å². The molecule has 0 aliphatic heterocycles. The molecule has 0 atom stereocenters. The fourth-order valence-corrected chi connectivity index (χ4v) is 2.85. The third-order valence-electron chi connectivity index (χ3n) is 4.26. The van der Waals surface area contributed by atoms with Crippen molar-refractivity contribution < 1.29 is 9.53 Å². The number of carbonyl (C=O) groups is 1. The third-order valence-corrected chi connectivity index (χ3v) is 4.26. The van der Waals surface area contributed by atoms with Gasteiger partial charge in [0.15, 0.2) is 5.65 Å². The lowest BCUT2D eigenvalue weighted by Crippen LogP contribution is -2.34. The summed E-state index contributed by atoms with van der Waals surface area (Å²) in [6.07, 6.45) is 2.86. The average molecular weight is 375 g/mol. The van der Waals surface area contributed by atoms with Gasteiger partial charge in [0.05, 0.1) is 25.4 Å². The number of nitrogens with zero attached hydrogens (tertiary/aromatic N) is 4. The summed E-state index contributed by atoms with van der Waals surface area (Å²) < 4.78 is 7.76. The Hall–Kier alpha value is -3.94. The minimum Gasteiger partial charge on any atom is -0.497 e. The quantitative estimate of drug-likeness (QED) is 0.575. The Bertz CT molecular complexity index is 1180. The van der Waals surface area contributed by atoms with Gasteiger partial charge in [0.25, 0.3) is 5.56 Å². The van der Waals surface area contributed by atoms with Gasteiger partial charge in [-0.15, -0.1) is 0 Å². The predicted octanol–water partition coefficient (Wildman–Crippen LogP) is 1.90. The first-order chi connectivity index (χ1) is 13.7. The number of methoxy groups -OCH3 is 1. The molecule has 0 spiro atoms. The van der Waals surface area contributed by atoms with Crippen LogP contribution in [0.3, 0.4) is 0 Å². The van der Waals surface area contributed by atoms with Crippen molar-refractivity contribution in [3.63, 3.8) is 0 Å². The van der Waals surface area contributed by atoms with Gasteiger partial charge in [-0.25, -0.2) is 14.3 Å². The van der Waals surface area contributed by atoms with E-state index in [4.69, 9.17) is 4.74 Å². The van der Waals surface area contributed by atoms with Gasteiger partial charge in [-0.1, -0.05) is 30.3 Å². The number of hydrogen-bond acceptors (Lipinski definition) is 5. The molecule has 8 heteroatoms. The summed E-state index contributed by atoms with van der Waals surface area (Å²) in [5.41, 5.74) is 4.20. The molecule has 2 heterocycles. The molecular formula is C20H17N5O3. The molecule has 1 amide bonds. The molecule has 0 aliphatic carbocycles. The van der Waals surface area contributed by atoms with Crippen molar-refractivity contribution in [3.8, 4) is 11.4 Å². The van der Waals surface area contributed by atoms with Crippen LogP contribution in [0.25, 0.3) is 16.7 Å². The monoisotopic (exact) mass is 375 g/mol. The van der Waals surface area contributed by atoms with E-state index in [-0.39, 0.29) is 12.3 Å². The summed E-state index contributed by atoms with van der Waals surface area (Å²) in [6.45, 7) is 0. The summed E-state index contributed by atoms with van der Waals surface area (Å²) in [7, 11) is 1.58. The Kier molecular flexibility index (Phi) is 4.59. The van der Waals surface area contributed by atoms with Crippen molar-refractivity contribution in [2.45, 2.75) is 6.42 Å². The lowest BCUT2D eigenvalue weighted by molar-refractivity contribution is -0.116. The summed E-state index contributed by atoms with van der Waals surface area (Å²) in [4.78, 5) is 29.3. The van der Waals surface area contributed by atoms with Crippen LogP contribution in [0.4, 0.5) is 0 Å². The number of aromatic nitrogens is 4. The highest BCUT2D eigenvalue weighted by molar-refractivity contribution is 5.86. The SMILES string of the molecule is COc1ccc(CC(=O)Nn2cnc3c(cnn3-c3ccccc3)c2=O)cc1. The van der Waals surface area contributed by atoms with Gasteiger partial charge in [-0.2, -0.15) is 5.10 Å². The van der Waals surface area contributed by atoms with E-state index < -0.39 is 5.56 Å². The highest BCUT2D eigenvalue weighted by Gasteiger charge is 2.13. The van der Waals surface area contributed by atoms with Crippen molar-refractivity contribution in [1.82, 2.24) is 19.4 Å². The van der Waals surface area contributed by atoms with Crippen molar-refractivity contribution in [1.29, 1.82) is 0 Å². The van der Waals surface area contributed by atoms with Gasteiger partial charge in [0.1, 0.15) is 17.5 Å². The van der Waals surface area contributed by atoms with Crippen LogP contribution in [-0.4, -0.2) is 32.5 Å². The van der Waals surface area contributed by atoms with Crippen LogP contribution in [0, 0.1) is 0 Å². The first-order valence-corrected chi connectivity index (χ1v) is 8.59. The Morgan fingerprint density at radius 2 is 1.86 bits per heavy atom. The lowest BCUT2D eigenvalue weighted by Gasteiger charge is -2.08. The number of para-hydroxylation sites is 1. The number of hydrogen-bond donors (Lipinski definition) is 1. The Morgan fingerprint density at radius 1 is 1.11 bits per heavy atom. The average Bonchev–Trinajstić information content (AvgIpc) is 3.16. The molecule has 28 heavy (non-hydrogen) atoms. The molecule has 2 aromatic heterocycles. The molecule has 140 valence electrons. The Morgan fingerprint density at radius 3 is 2.57 bits per heavy atom. The number of benzene rings is 2. The second-order valence-electron chi connectivity index (χ2n) is 6.11. The van der Waals surface area contributed by atoms with Crippen LogP contribution in [0.2, 0.25) is 0 Å². The van der Waals surface area contributed by atoms with Crippen molar-refractivity contribution in [3.05, 3.63) is 83.0 Å². The minimum absolute atomic E-state index is 0.123. The van der Waals surface area contributed by atoms with E-state index in [9.17, 15) is 9.59 Å². The fourth-order valence-electron chi connectivity index (χ4n) is 2.85. The molecule has 0 aliphatic rings. The third kappa shape index (κ3) is 3.35. The lowest BCUT2D eigenvalue weighted by atomic mass is 10.1. The van der Waals surface area contributed by atoms with Crippen molar-refractivity contribution in [2.24, 2.45) is 0 Å². The predicted molar refractivity (Wildman–Crippen MR) is 104 cm³/mol. The molecule has 0 unspecified atom stereocenters. The van der Waals surface area contributed by atoms with Gasteiger partial charge < -0.3 is 4.74 Å². The molecule has 2 aromatic carbocycles. The highest BCUT2D eigenvalue weighted by atomic mass is 16.5. The highest BCUT2D eigenvalue weighted by Crippen LogP contribution is 2.13. The normalized spacial score (nSPS) is 10.8. The summed E-state index contributed by atoms with van der Waals surface area (Å²) >= 11 is 0. The van der Waals surface area contributed by atoms with Gasteiger partial charge in [-0.3, -0.25) is 15.0 Å². The molecule has 0 fully saturated rings. The van der Waals surface area contributed by atoms with Gasteiger partial charge >= 0.3 is 0 Å². The molecule has 0 bridgehead atoms. The van der Waals surface area contributed by atoms with Crippen LogP contribution in [-0.2, 0) is 11.2 Å². The fraction of sp³-hybridized carbons (Fsp3) is 0.100. The number of fused-ring (bicyclic) bond motifs is 1. The molecule has 8 nitrogen and oxygen atoms in total. The van der Waals surface area contributed by atoms with E-state index in [1.165, 1.54) is 12.5 Å². The number of amides is 1. The second kappa shape index (κ2) is 7.36. The number of nitrogens with one attached hydrogen (secondary N) is 1. The number of ether oxygens (including phenoxy) is 1. The Balaban J connectivity index is 1.56. The van der Waals surface area contributed by atoms with E-state index in [0.29, 0.717) is 16.8 Å². The van der Waals surface area contributed by atoms with Gasteiger partial charge in [-0.05, 0) is 29.8 Å². The maximum absolute atomic E-state index is 12.7. The zero-order chi connectivity index (χ0) is 19.5. The standard InChI is InChI=1S/C20H17N5O3/c1-28-16-9-7-14(8-10-16)11-18(26)23-24-13-21-19-17(20(24)27)12-22-25(19)15-5-3-2-4-6-15/h2-10,12-13H,11H2,1H3,(H,23,26). The smallest absolute Gasteiger partial charge is 0.283 e. The molecule has 0 saturated carbocycles. The van der Waals surface area contributed by atoms with E-state index >= 15 is 0 Å². The van der Waals surface area contributed by atoms with E-state index in [1.807, 2.05) is 30.3 Å². The van der Waals surface area contributed by atoms with E-state index in [2.05, 4.69) is 15.5 Å². The van der Waals surface area contributed by atoms with Gasteiger partial charge in [0.2, 0.25) is 5.91 Å². The van der Waals surface area contributed by atoms with Crippen LogP contribution >= 0.6 is 0 Å². The summed E-state index contributed by atoms with van der Waals surface area (Å²) in [6, 6.07) is 16.5. The summed E-state index contributed by atoms with van der Waals surface area (Å²) in [5, 5.41) is 4.56. The van der Waals surface area contributed by atoms with Crippen LogP contribution in [0.15, 0.2) is 71.9 Å². The zero-order valence-corrected chi connectivity index (χ0v) is 15.1. The Labute approximate surface area is 160 Å². The largest absolute Gasteiger partial charge is 0.497 e. The molecule has 0 saturated heterocycles. The van der Waals surface area contributed by atoms with Crippen molar-refractivity contribution in [2.75, 3.05) is 12.5 Å². The first-order valence-electron chi connectivity index (χ1n) is 8.59.